The first-order chi connectivity index (χ1) is 24.7. The Balaban J connectivity index is 1.24. The van der Waals surface area contributed by atoms with Crippen LogP contribution in [0.2, 0.25) is 0 Å². The molecule has 1 aliphatic rings. The molecule has 1 atom stereocenters. The standard InChI is InChI=1S/C45H27N5/c46-26-29-17-21-43-38(23-29)39-24-30(27-47)18-22-44(39)49(43)40-14-6-3-11-35(40)34-10-2-1-9-33(34)31-19-20-32(28-48)45(25-31)50-41-15-7-4-12-36(41)37-13-5-8-16-42(37)50/h1-8,10-25,33H,9H2. The van der Waals surface area contributed by atoms with Gasteiger partial charge < -0.3 is 9.13 Å². The van der Waals surface area contributed by atoms with Crippen LogP contribution in [0.25, 0.3) is 60.6 Å². The van der Waals surface area contributed by atoms with Gasteiger partial charge in [0.15, 0.2) is 0 Å². The molecule has 0 aliphatic heterocycles. The van der Waals surface area contributed by atoms with Crippen molar-refractivity contribution >= 4 is 49.2 Å². The van der Waals surface area contributed by atoms with Gasteiger partial charge in [-0.3, -0.25) is 0 Å². The van der Waals surface area contributed by atoms with Gasteiger partial charge in [0.25, 0.3) is 0 Å². The highest BCUT2D eigenvalue weighted by Gasteiger charge is 2.25. The molecule has 232 valence electrons. The first-order valence-corrected chi connectivity index (χ1v) is 16.6. The Kier molecular flexibility index (Phi) is 6.70. The molecule has 5 nitrogen and oxygen atoms in total. The zero-order chi connectivity index (χ0) is 33.8. The summed E-state index contributed by atoms with van der Waals surface area (Å²) in [5.74, 6) is 0.0317. The number of nitriles is 3. The smallest absolute Gasteiger partial charge is 0.101 e. The van der Waals surface area contributed by atoms with Gasteiger partial charge in [0.2, 0.25) is 0 Å². The third-order valence-corrected chi connectivity index (χ3v) is 10.0. The molecule has 0 spiro atoms. The fraction of sp³-hybridized carbons (Fsp3) is 0.0444. The van der Waals surface area contributed by atoms with E-state index in [9.17, 15) is 15.8 Å². The number of allylic oxidation sites excluding steroid dienone is 4. The highest BCUT2D eigenvalue weighted by atomic mass is 15.0. The van der Waals surface area contributed by atoms with Crippen LogP contribution in [-0.4, -0.2) is 9.13 Å². The second kappa shape index (κ2) is 11.5. The third-order valence-electron chi connectivity index (χ3n) is 10.0. The number of nitrogens with zero attached hydrogens (tertiary/aromatic N) is 5. The summed E-state index contributed by atoms with van der Waals surface area (Å²) in [6.45, 7) is 0. The summed E-state index contributed by atoms with van der Waals surface area (Å²) in [6.07, 6.45) is 7.36. The molecule has 5 heteroatoms. The highest BCUT2D eigenvalue weighted by Crippen LogP contribution is 2.43. The van der Waals surface area contributed by atoms with Crippen molar-refractivity contribution in [3.63, 3.8) is 0 Å². The quantitative estimate of drug-likeness (QED) is 0.193. The van der Waals surface area contributed by atoms with Crippen molar-refractivity contribution in [3.05, 3.63) is 173 Å². The lowest BCUT2D eigenvalue weighted by Crippen LogP contribution is -2.09. The second-order valence-electron chi connectivity index (χ2n) is 12.6. The molecule has 50 heavy (non-hydrogen) atoms. The van der Waals surface area contributed by atoms with E-state index in [0.717, 1.165) is 72.5 Å². The van der Waals surface area contributed by atoms with E-state index in [4.69, 9.17) is 0 Å². The van der Waals surface area contributed by atoms with Crippen molar-refractivity contribution in [3.8, 4) is 29.6 Å². The number of hydrogen-bond donors (Lipinski definition) is 0. The van der Waals surface area contributed by atoms with Crippen LogP contribution >= 0.6 is 0 Å². The maximum atomic E-state index is 10.3. The number of rotatable bonds is 4. The summed E-state index contributed by atoms with van der Waals surface area (Å²) in [7, 11) is 0. The molecular formula is C45H27N5. The highest BCUT2D eigenvalue weighted by molar-refractivity contribution is 6.11. The summed E-state index contributed by atoms with van der Waals surface area (Å²) < 4.78 is 4.48. The number of aromatic nitrogens is 2. The summed E-state index contributed by atoms with van der Waals surface area (Å²) >= 11 is 0. The van der Waals surface area contributed by atoms with Crippen molar-refractivity contribution in [2.75, 3.05) is 0 Å². The molecule has 0 saturated carbocycles. The van der Waals surface area contributed by atoms with Gasteiger partial charge in [-0.15, -0.1) is 0 Å². The Morgan fingerprint density at radius 2 is 1.10 bits per heavy atom. The van der Waals surface area contributed by atoms with Gasteiger partial charge in [0, 0.05) is 33.0 Å². The van der Waals surface area contributed by atoms with Crippen molar-refractivity contribution in [2.24, 2.45) is 0 Å². The van der Waals surface area contributed by atoms with E-state index in [1.165, 1.54) is 5.57 Å². The predicted molar refractivity (Wildman–Crippen MR) is 200 cm³/mol. The molecule has 8 aromatic rings. The van der Waals surface area contributed by atoms with Crippen LogP contribution in [0.3, 0.4) is 0 Å². The van der Waals surface area contributed by atoms with E-state index in [0.29, 0.717) is 16.7 Å². The average molecular weight is 638 g/mol. The Bertz CT molecular complexity index is 2770. The summed E-state index contributed by atoms with van der Waals surface area (Å²) in [6, 6.07) is 50.0. The van der Waals surface area contributed by atoms with E-state index in [1.54, 1.807) is 0 Å². The number of para-hydroxylation sites is 3. The van der Waals surface area contributed by atoms with E-state index in [1.807, 2.05) is 54.6 Å². The van der Waals surface area contributed by atoms with Crippen molar-refractivity contribution in [1.82, 2.24) is 9.13 Å². The fourth-order valence-electron chi connectivity index (χ4n) is 7.78. The summed E-state index contributed by atoms with van der Waals surface area (Å²) in [5, 5.41) is 34.0. The van der Waals surface area contributed by atoms with Crippen LogP contribution in [0.1, 0.15) is 40.2 Å². The molecule has 2 heterocycles. The minimum atomic E-state index is 0.0317. The van der Waals surface area contributed by atoms with Gasteiger partial charge in [-0.2, -0.15) is 15.8 Å². The topological polar surface area (TPSA) is 81.2 Å². The van der Waals surface area contributed by atoms with Crippen LogP contribution in [-0.2, 0) is 0 Å². The molecule has 6 aromatic carbocycles. The van der Waals surface area contributed by atoms with E-state index < -0.39 is 0 Å². The molecule has 0 radical (unpaired) electrons. The maximum Gasteiger partial charge on any atom is 0.101 e. The van der Waals surface area contributed by atoms with Crippen LogP contribution in [0.15, 0.2) is 146 Å². The second-order valence-corrected chi connectivity index (χ2v) is 12.6. The maximum absolute atomic E-state index is 10.3. The minimum absolute atomic E-state index is 0.0317. The number of fused-ring (bicyclic) bond motifs is 6. The van der Waals surface area contributed by atoms with Crippen molar-refractivity contribution in [2.45, 2.75) is 12.3 Å². The first-order valence-electron chi connectivity index (χ1n) is 16.6. The molecule has 0 fully saturated rings. The van der Waals surface area contributed by atoms with Crippen LogP contribution in [0.4, 0.5) is 0 Å². The van der Waals surface area contributed by atoms with Gasteiger partial charge in [-0.1, -0.05) is 78.9 Å². The molecule has 0 saturated heterocycles. The van der Waals surface area contributed by atoms with E-state index in [-0.39, 0.29) is 5.92 Å². The minimum Gasteiger partial charge on any atom is -0.309 e. The average Bonchev–Trinajstić information content (AvgIpc) is 3.69. The van der Waals surface area contributed by atoms with E-state index in [2.05, 4.69) is 118 Å². The number of hydrogen-bond acceptors (Lipinski definition) is 3. The molecule has 9 rings (SSSR count). The molecule has 0 N–H and O–H groups in total. The van der Waals surface area contributed by atoms with Crippen LogP contribution in [0.5, 0.6) is 0 Å². The molecular weight excluding hydrogens is 611 g/mol. The van der Waals surface area contributed by atoms with E-state index >= 15 is 0 Å². The van der Waals surface area contributed by atoms with Gasteiger partial charge in [-0.05, 0) is 84.3 Å². The normalized spacial score (nSPS) is 14.1. The van der Waals surface area contributed by atoms with Crippen molar-refractivity contribution in [1.29, 1.82) is 15.8 Å². The predicted octanol–water partition coefficient (Wildman–Crippen LogP) is 10.6. The Labute approximate surface area is 288 Å². The molecule has 1 unspecified atom stereocenters. The lowest BCUT2D eigenvalue weighted by molar-refractivity contribution is 0.869. The summed E-state index contributed by atoms with van der Waals surface area (Å²) in [5.41, 5.74) is 11.1. The Morgan fingerprint density at radius 1 is 0.520 bits per heavy atom. The van der Waals surface area contributed by atoms with Gasteiger partial charge >= 0.3 is 0 Å². The third kappa shape index (κ3) is 4.37. The lowest BCUT2D eigenvalue weighted by atomic mass is 9.81. The fourth-order valence-corrected chi connectivity index (χ4v) is 7.78. The van der Waals surface area contributed by atoms with Gasteiger partial charge in [0.1, 0.15) is 6.07 Å². The molecule has 1 aliphatic carbocycles. The molecule has 0 amide bonds. The van der Waals surface area contributed by atoms with Gasteiger partial charge in [0.05, 0.1) is 62.3 Å². The monoisotopic (exact) mass is 637 g/mol. The van der Waals surface area contributed by atoms with Crippen LogP contribution < -0.4 is 0 Å². The zero-order valence-corrected chi connectivity index (χ0v) is 26.9. The lowest BCUT2D eigenvalue weighted by Gasteiger charge is -2.26. The largest absolute Gasteiger partial charge is 0.309 e. The molecule has 2 aromatic heterocycles. The summed E-state index contributed by atoms with van der Waals surface area (Å²) in [4.78, 5) is 0. The van der Waals surface area contributed by atoms with Gasteiger partial charge in [-0.25, -0.2) is 0 Å². The van der Waals surface area contributed by atoms with Crippen LogP contribution in [0, 0.1) is 34.0 Å². The Hall–Kier alpha value is -7.13. The SMILES string of the molecule is N#Cc1ccc2c(c1)c1cc(C#N)ccc1n2-c1ccccc1C1=CC=CCC1c1ccc(C#N)c(-n2c3ccccc3c3ccccc32)c1. The number of benzene rings is 6. The Morgan fingerprint density at radius 3 is 1.74 bits per heavy atom. The first kappa shape index (κ1) is 29.0. The van der Waals surface area contributed by atoms with Crippen molar-refractivity contribution < 1.29 is 0 Å². The zero-order valence-electron chi connectivity index (χ0n) is 26.9. The molecule has 0 bridgehead atoms.